The van der Waals surface area contributed by atoms with Gasteiger partial charge in [0.2, 0.25) is 0 Å². The van der Waals surface area contributed by atoms with Gasteiger partial charge < -0.3 is 19.5 Å². The van der Waals surface area contributed by atoms with Crippen molar-refractivity contribution in [2.75, 3.05) is 19.8 Å². The summed E-state index contributed by atoms with van der Waals surface area (Å²) in [7, 11) is 0. The molecule has 2 aromatic rings. The third-order valence-corrected chi connectivity index (χ3v) is 5.11. The second kappa shape index (κ2) is 11.4. The molecular weight excluding hydrogens is 382 g/mol. The lowest BCUT2D eigenvalue weighted by molar-refractivity contribution is -0.166. The van der Waals surface area contributed by atoms with Crippen LogP contribution >= 0.6 is 0 Å². The van der Waals surface area contributed by atoms with Crippen LogP contribution in [-0.4, -0.2) is 47.2 Å². The van der Waals surface area contributed by atoms with E-state index < -0.39 is 11.6 Å². The highest BCUT2D eigenvalue weighted by Crippen LogP contribution is 2.24. The molecule has 0 aromatic heterocycles. The largest absolute Gasteiger partial charge is 0.484 e. The lowest BCUT2D eigenvalue weighted by Gasteiger charge is -2.28. The van der Waals surface area contributed by atoms with E-state index in [1.54, 1.807) is 24.0 Å². The number of amides is 1. The number of carbonyl (C=O) groups excluding carboxylic acids is 1. The molecule has 0 aliphatic carbocycles. The van der Waals surface area contributed by atoms with E-state index >= 15 is 0 Å². The minimum atomic E-state index is -1.23. The summed E-state index contributed by atoms with van der Waals surface area (Å²) >= 11 is 0. The third-order valence-electron chi connectivity index (χ3n) is 5.11. The SMILES string of the molecule is CCO[C@@](CC)(Cc1ccc(OCC(=O)N(CC)Cc2ccccc2)cc1)C(=O)O. The molecular formula is C24H31NO5. The molecule has 1 N–H and O–H groups in total. The summed E-state index contributed by atoms with van der Waals surface area (Å²) < 4.78 is 11.2. The smallest absolute Gasteiger partial charge is 0.336 e. The molecule has 0 aliphatic rings. The summed E-state index contributed by atoms with van der Waals surface area (Å²) in [6, 6.07) is 17.0. The summed E-state index contributed by atoms with van der Waals surface area (Å²) in [5.41, 5.74) is 0.682. The monoisotopic (exact) mass is 413 g/mol. The van der Waals surface area contributed by atoms with Crippen molar-refractivity contribution < 1.29 is 24.2 Å². The van der Waals surface area contributed by atoms with Crippen LogP contribution in [0.5, 0.6) is 5.75 Å². The Morgan fingerprint density at radius 3 is 2.17 bits per heavy atom. The van der Waals surface area contributed by atoms with Gasteiger partial charge in [-0.2, -0.15) is 0 Å². The number of rotatable bonds is 12. The maximum absolute atomic E-state index is 12.5. The number of likely N-dealkylation sites (N-methyl/N-ethyl adjacent to an activating group) is 1. The average Bonchev–Trinajstić information content (AvgIpc) is 2.76. The average molecular weight is 414 g/mol. The minimum absolute atomic E-state index is 0.0486. The van der Waals surface area contributed by atoms with Crippen LogP contribution in [-0.2, 0) is 27.3 Å². The van der Waals surface area contributed by atoms with Gasteiger partial charge in [0.15, 0.2) is 12.2 Å². The molecule has 162 valence electrons. The predicted molar refractivity (Wildman–Crippen MR) is 115 cm³/mol. The third kappa shape index (κ3) is 6.32. The van der Waals surface area contributed by atoms with Crippen LogP contribution in [0.2, 0.25) is 0 Å². The number of benzene rings is 2. The Morgan fingerprint density at radius 2 is 1.63 bits per heavy atom. The molecule has 0 bridgehead atoms. The summed E-state index contributed by atoms with van der Waals surface area (Å²) in [6.07, 6.45) is 0.643. The molecule has 1 atom stereocenters. The molecule has 0 unspecified atom stereocenters. The topological polar surface area (TPSA) is 76.1 Å². The fraction of sp³-hybridized carbons (Fsp3) is 0.417. The summed E-state index contributed by atoms with van der Waals surface area (Å²) in [6.45, 7) is 6.97. The number of carboxylic acid groups (broad SMARTS) is 1. The lowest BCUT2D eigenvalue weighted by Crippen LogP contribution is -2.43. The molecule has 1 amide bonds. The molecule has 6 heteroatoms. The van der Waals surface area contributed by atoms with E-state index in [2.05, 4.69) is 0 Å². The van der Waals surface area contributed by atoms with Crippen LogP contribution in [0, 0.1) is 0 Å². The van der Waals surface area contributed by atoms with Gasteiger partial charge in [-0.3, -0.25) is 4.79 Å². The van der Waals surface area contributed by atoms with Gasteiger partial charge in [0.05, 0.1) is 0 Å². The first-order valence-electron chi connectivity index (χ1n) is 10.3. The van der Waals surface area contributed by atoms with Gasteiger partial charge in [0.1, 0.15) is 5.75 Å². The molecule has 0 fully saturated rings. The Balaban J connectivity index is 1.95. The van der Waals surface area contributed by atoms with Crippen LogP contribution in [0.3, 0.4) is 0 Å². The fourth-order valence-corrected chi connectivity index (χ4v) is 3.29. The molecule has 0 heterocycles. The van der Waals surface area contributed by atoms with Crippen LogP contribution in [0.1, 0.15) is 38.3 Å². The molecule has 30 heavy (non-hydrogen) atoms. The van der Waals surface area contributed by atoms with Gasteiger partial charge in [-0.25, -0.2) is 4.79 Å². The van der Waals surface area contributed by atoms with E-state index in [4.69, 9.17) is 9.47 Å². The van der Waals surface area contributed by atoms with Crippen molar-refractivity contribution in [2.45, 2.75) is 45.8 Å². The van der Waals surface area contributed by atoms with Crippen LogP contribution in [0.15, 0.2) is 54.6 Å². The zero-order valence-electron chi connectivity index (χ0n) is 18.0. The van der Waals surface area contributed by atoms with Gasteiger partial charge in [-0.15, -0.1) is 0 Å². The number of carbonyl (C=O) groups is 2. The summed E-state index contributed by atoms with van der Waals surface area (Å²) in [5, 5.41) is 9.61. The van der Waals surface area contributed by atoms with E-state index in [9.17, 15) is 14.7 Å². The normalized spacial score (nSPS) is 12.8. The van der Waals surface area contributed by atoms with Crippen molar-refractivity contribution in [1.82, 2.24) is 4.90 Å². The van der Waals surface area contributed by atoms with Crippen LogP contribution in [0.4, 0.5) is 0 Å². The van der Waals surface area contributed by atoms with Gasteiger partial charge in [-0.05, 0) is 43.5 Å². The Hall–Kier alpha value is -2.86. The van der Waals surface area contributed by atoms with Crippen LogP contribution < -0.4 is 4.74 Å². The highest BCUT2D eigenvalue weighted by atomic mass is 16.5. The van der Waals surface area contributed by atoms with Crippen LogP contribution in [0.25, 0.3) is 0 Å². The summed E-state index contributed by atoms with van der Waals surface area (Å²) in [5.74, 6) is -0.481. The highest BCUT2D eigenvalue weighted by Gasteiger charge is 2.37. The molecule has 0 saturated carbocycles. The molecule has 2 rings (SSSR count). The number of ether oxygens (including phenoxy) is 2. The van der Waals surface area contributed by atoms with E-state index in [0.717, 1.165) is 11.1 Å². The molecule has 2 aromatic carbocycles. The van der Waals surface area contributed by atoms with E-state index in [0.29, 0.717) is 31.9 Å². The first-order chi connectivity index (χ1) is 14.4. The zero-order valence-corrected chi connectivity index (χ0v) is 18.0. The van der Waals surface area contributed by atoms with E-state index in [1.807, 2.05) is 56.3 Å². The molecule has 6 nitrogen and oxygen atoms in total. The maximum atomic E-state index is 12.5. The number of carboxylic acids is 1. The van der Waals surface area contributed by atoms with Gasteiger partial charge in [0.25, 0.3) is 5.91 Å². The standard InChI is InChI=1S/C24H31NO5/c1-4-24(23(27)28,30-6-3)16-19-12-14-21(15-13-19)29-18-22(26)25(5-2)17-20-10-8-7-9-11-20/h7-15H,4-6,16-18H2,1-3H3,(H,27,28)/t24-/m0/s1. The van der Waals surface area contributed by atoms with Gasteiger partial charge in [-0.1, -0.05) is 49.4 Å². The predicted octanol–water partition coefficient (Wildman–Crippen LogP) is 3.93. The number of hydrogen-bond donors (Lipinski definition) is 1. The Kier molecular flexibility index (Phi) is 8.87. The lowest BCUT2D eigenvalue weighted by atomic mass is 9.91. The summed E-state index contributed by atoms with van der Waals surface area (Å²) in [4.78, 5) is 26.0. The van der Waals surface area contributed by atoms with Gasteiger partial charge >= 0.3 is 5.97 Å². The first kappa shape index (κ1) is 23.4. The Labute approximate surface area is 178 Å². The molecule has 0 saturated heterocycles. The molecule has 0 radical (unpaired) electrons. The van der Waals surface area contributed by atoms with Crippen molar-refractivity contribution >= 4 is 11.9 Å². The second-order valence-corrected chi connectivity index (χ2v) is 7.09. The van der Waals surface area contributed by atoms with Gasteiger partial charge in [0, 0.05) is 26.1 Å². The molecule has 0 spiro atoms. The number of aliphatic carboxylic acids is 1. The Bertz CT molecular complexity index is 806. The Morgan fingerprint density at radius 1 is 0.967 bits per heavy atom. The zero-order chi connectivity index (χ0) is 22.0. The first-order valence-corrected chi connectivity index (χ1v) is 10.3. The minimum Gasteiger partial charge on any atom is -0.484 e. The number of nitrogens with zero attached hydrogens (tertiary/aromatic N) is 1. The number of hydrogen-bond acceptors (Lipinski definition) is 4. The van der Waals surface area contributed by atoms with Crippen molar-refractivity contribution in [3.63, 3.8) is 0 Å². The maximum Gasteiger partial charge on any atom is 0.336 e. The quantitative estimate of drug-likeness (QED) is 0.571. The molecule has 0 aliphatic heterocycles. The van der Waals surface area contributed by atoms with Crippen molar-refractivity contribution in [3.05, 3.63) is 65.7 Å². The second-order valence-electron chi connectivity index (χ2n) is 7.09. The van der Waals surface area contributed by atoms with E-state index in [-0.39, 0.29) is 18.9 Å². The van der Waals surface area contributed by atoms with Crippen molar-refractivity contribution in [1.29, 1.82) is 0 Å². The fourth-order valence-electron chi connectivity index (χ4n) is 3.29. The highest BCUT2D eigenvalue weighted by molar-refractivity contribution is 5.78. The van der Waals surface area contributed by atoms with Crippen molar-refractivity contribution in [3.8, 4) is 5.75 Å². The van der Waals surface area contributed by atoms with Crippen molar-refractivity contribution in [2.24, 2.45) is 0 Å². The van der Waals surface area contributed by atoms with E-state index in [1.165, 1.54) is 0 Å².